The Kier molecular flexibility index (Phi) is 7.77. The predicted octanol–water partition coefficient (Wildman–Crippen LogP) is 6.23. The van der Waals surface area contributed by atoms with Crippen molar-refractivity contribution >= 4 is 21.3 Å². The molecule has 0 unspecified atom stereocenters. The van der Waals surface area contributed by atoms with E-state index in [4.69, 9.17) is 0 Å². The van der Waals surface area contributed by atoms with E-state index in [2.05, 4.69) is 11.9 Å². The van der Waals surface area contributed by atoms with Crippen LogP contribution in [0.2, 0.25) is 0 Å². The number of halogens is 7. The van der Waals surface area contributed by atoms with E-state index in [-0.39, 0.29) is 53.7 Å². The molecule has 0 radical (unpaired) electrons. The molecule has 2 aromatic rings. The molecule has 43 heavy (non-hydrogen) atoms. The lowest BCUT2D eigenvalue weighted by Crippen LogP contribution is -2.54. The first kappa shape index (κ1) is 31.5. The number of hydrogen-bond donors (Lipinski definition) is 1. The van der Waals surface area contributed by atoms with Gasteiger partial charge in [0.15, 0.2) is 9.84 Å². The molecule has 0 saturated carbocycles. The summed E-state index contributed by atoms with van der Waals surface area (Å²) in [7, 11) is -4.39. The first-order chi connectivity index (χ1) is 20.0. The zero-order valence-electron chi connectivity index (χ0n) is 23.3. The van der Waals surface area contributed by atoms with Gasteiger partial charge in [0.2, 0.25) is 5.91 Å². The van der Waals surface area contributed by atoms with Crippen LogP contribution in [-0.4, -0.2) is 57.3 Å². The minimum Gasteiger partial charge on any atom is -0.337 e. The number of nitrogens with zero attached hydrogens (tertiary/aromatic N) is 1. The molecule has 2 heterocycles. The molecular weight excluding hydrogens is 601 g/mol. The van der Waals surface area contributed by atoms with E-state index in [9.17, 15) is 39.6 Å². The second-order valence-electron chi connectivity index (χ2n) is 11.6. The number of nitrogens with one attached hydrogen (secondary N) is 1. The van der Waals surface area contributed by atoms with Crippen molar-refractivity contribution in [2.75, 3.05) is 19.6 Å². The zero-order chi connectivity index (χ0) is 31.6. The summed E-state index contributed by atoms with van der Waals surface area (Å²) in [6.45, 7) is 6.84. The molecule has 234 valence electrons. The number of amides is 1. The normalized spacial score (nSPS) is 23.5. The topological polar surface area (TPSA) is 66.5 Å². The molecule has 2 aromatic carbocycles. The van der Waals surface area contributed by atoms with E-state index in [1.165, 1.54) is 17.0 Å². The number of rotatable bonds is 5. The molecule has 1 N–H and O–H groups in total. The third kappa shape index (κ3) is 4.77. The van der Waals surface area contributed by atoms with Crippen LogP contribution in [0.1, 0.15) is 54.9 Å². The second-order valence-corrected chi connectivity index (χ2v) is 13.8. The van der Waals surface area contributed by atoms with Crippen LogP contribution >= 0.6 is 0 Å². The van der Waals surface area contributed by atoms with Crippen molar-refractivity contribution < 1.29 is 43.9 Å². The van der Waals surface area contributed by atoms with E-state index in [1.807, 2.05) is 0 Å². The monoisotopic (exact) mass is 632 g/mol. The van der Waals surface area contributed by atoms with Gasteiger partial charge in [-0.3, -0.25) is 4.79 Å². The fourth-order valence-electron chi connectivity index (χ4n) is 6.93. The Morgan fingerprint density at radius 3 is 2.12 bits per heavy atom. The number of aryl methyl sites for hydroxylation is 1. The molecule has 1 aliphatic carbocycles. The average Bonchev–Trinajstić information content (AvgIpc) is 3.37. The second kappa shape index (κ2) is 10.6. The molecule has 13 heteroatoms. The van der Waals surface area contributed by atoms with E-state index in [0.29, 0.717) is 49.2 Å². The fraction of sp³-hybridized carbons (Fsp3) is 0.500. The Morgan fingerprint density at radius 2 is 1.56 bits per heavy atom. The van der Waals surface area contributed by atoms with Gasteiger partial charge >= 0.3 is 18.0 Å². The van der Waals surface area contributed by atoms with Crippen LogP contribution in [0.25, 0.3) is 5.57 Å². The lowest BCUT2D eigenvalue weighted by molar-refractivity contribution is -0.348. The molecule has 0 aromatic heterocycles. The molecule has 0 bridgehead atoms. The molecule has 5 rings (SSSR count). The third-order valence-electron chi connectivity index (χ3n) is 9.17. The Hall–Kier alpha value is -2.93. The quantitative estimate of drug-likeness (QED) is 0.398. The molecule has 1 amide bonds. The van der Waals surface area contributed by atoms with Gasteiger partial charge in [-0.15, -0.1) is 0 Å². The first-order valence-electron chi connectivity index (χ1n) is 13.9. The summed E-state index contributed by atoms with van der Waals surface area (Å²) in [6.07, 6.45) is -11.8. The largest absolute Gasteiger partial charge is 0.435 e. The maximum absolute atomic E-state index is 15.0. The summed E-state index contributed by atoms with van der Waals surface area (Å²) in [5.74, 6) is -0.567. The minimum atomic E-state index is -6.31. The van der Waals surface area contributed by atoms with Crippen molar-refractivity contribution in [2.45, 2.75) is 72.7 Å². The van der Waals surface area contributed by atoms with Crippen molar-refractivity contribution in [3.05, 3.63) is 71.3 Å². The Labute approximate surface area is 245 Å². The summed E-state index contributed by atoms with van der Waals surface area (Å²) in [5.41, 5.74) is -6.09. The number of carbonyl (C=O) groups is 1. The van der Waals surface area contributed by atoms with Crippen LogP contribution in [0.3, 0.4) is 0 Å². The van der Waals surface area contributed by atoms with Gasteiger partial charge in [-0.05, 0) is 80.9 Å². The van der Waals surface area contributed by atoms with Gasteiger partial charge in [0.25, 0.3) is 0 Å². The standard InChI is InChI=1S/C30H31F7N2O3S/c1-18(2)19-3-7-23(8-4-19)43(41,42)27-13-16-39(26(40)20-11-14-38-15-12-20)25(27)10-5-21-17-22(6-9-24(21)27)28(31,29(32,33)34)30(35,36)37/h3-4,6-9,17,20,25,38H,1,5,10-16H2,2H3/t25-,27-/m0/s1. The number of alkyl halides is 7. The number of hydrogen-bond acceptors (Lipinski definition) is 4. The number of fused-ring (bicyclic) bond motifs is 3. The molecule has 3 aliphatic rings. The van der Waals surface area contributed by atoms with Gasteiger partial charge < -0.3 is 10.2 Å². The highest BCUT2D eigenvalue weighted by molar-refractivity contribution is 7.92. The molecule has 2 aliphatic heterocycles. The minimum absolute atomic E-state index is 0.0104. The SMILES string of the molecule is C=C(C)c1ccc(S(=O)(=O)[C@]23CCN(C(=O)C4CCNCC4)[C@H]2CCc2cc(C(F)(C(F)(F)F)C(F)(F)F)ccc23)cc1. The third-order valence-corrected chi connectivity index (χ3v) is 11.7. The molecular formula is C30H31F7N2O3S. The van der Waals surface area contributed by atoms with Crippen molar-refractivity contribution in [2.24, 2.45) is 5.92 Å². The van der Waals surface area contributed by atoms with Crippen LogP contribution in [0.4, 0.5) is 30.7 Å². The highest BCUT2D eigenvalue weighted by Gasteiger charge is 2.74. The molecule has 0 spiro atoms. The van der Waals surface area contributed by atoms with Crippen molar-refractivity contribution in [1.29, 1.82) is 0 Å². The zero-order valence-corrected chi connectivity index (χ0v) is 24.1. The highest BCUT2D eigenvalue weighted by Crippen LogP contribution is 2.57. The number of benzene rings is 2. The molecule has 2 atom stereocenters. The first-order valence-corrected chi connectivity index (χ1v) is 15.4. The van der Waals surface area contributed by atoms with E-state index in [0.717, 1.165) is 6.07 Å². The van der Waals surface area contributed by atoms with Gasteiger partial charge in [-0.25, -0.2) is 12.8 Å². The number of allylic oxidation sites excluding steroid dienone is 1. The Balaban J connectivity index is 1.68. The van der Waals surface area contributed by atoms with Crippen molar-refractivity contribution in [3.8, 4) is 0 Å². The summed E-state index contributed by atoms with van der Waals surface area (Å²) in [6, 6.07) is 6.71. The van der Waals surface area contributed by atoms with Crippen molar-refractivity contribution in [1.82, 2.24) is 10.2 Å². The summed E-state index contributed by atoms with van der Waals surface area (Å²) < 4.78 is 124. The smallest absolute Gasteiger partial charge is 0.337 e. The van der Waals surface area contributed by atoms with Gasteiger partial charge in [-0.1, -0.05) is 42.5 Å². The highest BCUT2D eigenvalue weighted by atomic mass is 32.2. The molecule has 2 fully saturated rings. The molecule has 5 nitrogen and oxygen atoms in total. The van der Waals surface area contributed by atoms with Crippen LogP contribution in [0, 0.1) is 5.92 Å². The maximum atomic E-state index is 15.0. The summed E-state index contributed by atoms with van der Waals surface area (Å²) in [5, 5.41) is 3.17. The van der Waals surface area contributed by atoms with Crippen LogP contribution < -0.4 is 5.32 Å². The maximum Gasteiger partial charge on any atom is 0.435 e. The van der Waals surface area contributed by atoms with Crippen LogP contribution in [-0.2, 0) is 31.5 Å². The number of carbonyl (C=O) groups excluding carboxylic acids is 1. The van der Waals surface area contributed by atoms with Gasteiger partial charge in [0.05, 0.1) is 10.9 Å². The van der Waals surface area contributed by atoms with E-state index >= 15 is 4.39 Å². The van der Waals surface area contributed by atoms with Gasteiger partial charge in [0.1, 0.15) is 4.75 Å². The Bertz CT molecular complexity index is 1520. The number of piperidine rings is 1. The average molecular weight is 633 g/mol. The van der Waals surface area contributed by atoms with Crippen LogP contribution in [0.5, 0.6) is 0 Å². The van der Waals surface area contributed by atoms with E-state index in [1.54, 1.807) is 19.1 Å². The molecule has 2 saturated heterocycles. The van der Waals surface area contributed by atoms with Gasteiger partial charge in [-0.2, -0.15) is 26.3 Å². The lowest BCUT2D eigenvalue weighted by atomic mass is 9.76. The summed E-state index contributed by atoms with van der Waals surface area (Å²) in [4.78, 5) is 15.1. The number of likely N-dealkylation sites (tertiary alicyclic amines) is 1. The lowest BCUT2D eigenvalue weighted by Gasteiger charge is -2.43. The Morgan fingerprint density at radius 1 is 0.953 bits per heavy atom. The van der Waals surface area contributed by atoms with Gasteiger partial charge in [0, 0.05) is 18.0 Å². The summed E-state index contributed by atoms with van der Waals surface area (Å²) >= 11 is 0. The fourth-order valence-corrected chi connectivity index (χ4v) is 9.29. The number of sulfone groups is 1. The predicted molar refractivity (Wildman–Crippen MR) is 145 cm³/mol. The van der Waals surface area contributed by atoms with E-state index < -0.39 is 44.2 Å². The van der Waals surface area contributed by atoms with Crippen LogP contribution in [0.15, 0.2) is 53.9 Å². The van der Waals surface area contributed by atoms with Crippen molar-refractivity contribution in [3.63, 3.8) is 0 Å².